The highest BCUT2D eigenvalue weighted by atomic mass is 79.9. The Balaban J connectivity index is 1.52. The first kappa shape index (κ1) is 17.5. The maximum atomic E-state index is 4.56. The van der Waals surface area contributed by atoms with Crippen LogP contribution in [-0.2, 0) is 13.5 Å². The summed E-state index contributed by atoms with van der Waals surface area (Å²) < 4.78 is 4.92. The summed E-state index contributed by atoms with van der Waals surface area (Å²) in [5.74, 6) is 0. The zero-order valence-corrected chi connectivity index (χ0v) is 17.6. The minimum absolute atomic E-state index is 0.337. The van der Waals surface area contributed by atoms with E-state index >= 15 is 0 Å². The molecule has 0 saturated heterocycles. The van der Waals surface area contributed by atoms with Crippen molar-refractivity contribution in [1.82, 2.24) is 19.6 Å². The SMILES string of the molecule is Cc1cc(Br)cc2c1C(Nc1ccc3cnn(-c4cnn(C)c4)c3c1)CCC2. The molecule has 0 radical (unpaired) electrons. The Morgan fingerprint density at radius 3 is 2.86 bits per heavy atom. The van der Waals surface area contributed by atoms with Gasteiger partial charge < -0.3 is 5.32 Å². The van der Waals surface area contributed by atoms with Gasteiger partial charge in [-0.25, -0.2) is 4.68 Å². The zero-order valence-electron chi connectivity index (χ0n) is 16.0. The molecule has 6 heteroatoms. The summed E-state index contributed by atoms with van der Waals surface area (Å²) in [7, 11) is 1.92. The minimum Gasteiger partial charge on any atom is -0.378 e. The van der Waals surface area contributed by atoms with Crippen molar-refractivity contribution in [3.8, 4) is 5.69 Å². The fraction of sp³-hybridized carbons (Fsp3) is 0.273. The number of anilines is 1. The molecule has 142 valence electrons. The van der Waals surface area contributed by atoms with Crippen molar-refractivity contribution in [3.05, 3.63) is 70.1 Å². The van der Waals surface area contributed by atoms with Gasteiger partial charge in [0.25, 0.3) is 0 Å². The van der Waals surface area contributed by atoms with Crippen LogP contribution in [0.3, 0.4) is 0 Å². The highest BCUT2D eigenvalue weighted by Crippen LogP contribution is 2.37. The van der Waals surface area contributed by atoms with Crippen molar-refractivity contribution in [2.75, 3.05) is 5.32 Å². The smallest absolute Gasteiger partial charge is 0.103 e. The van der Waals surface area contributed by atoms with Crippen LogP contribution in [0.2, 0.25) is 0 Å². The predicted octanol–water partition coefficient (Wildman–Crippen LogP) is 5.32. The molecule has 1 aliphatic carbocycles. The number of benzene rings is 2. The maximum Gasteiger partial charge on any atom is 0.103 e. The lowest BCUT2D eigenvalue weighted by Gasteiger charge is -2.29. The van der Waals surface area contributed by atoms with Gasteiger partial charge in [-0.2, -0.15) is 10.2 Å². The third kappa shape index (κ3) is 3.02. The molecule has 1 atom stereocenters. The Kier molecular flexibility index (Phi) is 4.23. The van der Waals surface area contributed by atoms with Crippen LogP contribution in [0.5, 0.6) is 0 Å². The highest BCUT2D eigenvalue weighted by molar-refractivity contribution is 9.10. The van der Waals surface area contributed by atoms with Crippen molar-refractivity contribution in [1.29, 1.82) is 0 Å². The molecule has 0 amide bonds. The second-order valence-corrected chi connectivity index (χ2v) is 8.50. The van der Waals surface area contributed by atoms with E-state index in [0.717, 1.165) is 35.1 Å². The molecular weight excluding hydrogens is 414 g/mol. The fourth-order valence-corrected chi connectivity index (χ4v) is 4.97. The number of hydrogen-bond acceptors (Lipinski definition) is 3. The molecule has 4 aromatic rings. The van der Waals surface area contributed by atoms with Gasteiger partial charge in [-0.15, -0.1) is 0 Å². The van der Waals surface area contributed by atoms with Crippen LogP contribution in [0.4, 0.5) is 5.69 Å². The third-order valence-corrected chi connectivity index (χ3v) is 6.03. The van der Waals surface area contributed by atoms with Crippen molar-refractivity contribution >= 4 is 32.5 Å². The van der Waals surface area contributed by atoms with E-state index in [1.807, 2.05) is 30.3 Å². The molecule has 0 fully saturated rings. The van der Waals surface area contributed by atoms with Gasteiger partial charge in [-0.05, 0) is 73.2 Å². The number of nitrogens with zero attached hydrogens (tertiary/aromatic N) is 4. The number of fused-ring (bicyclic) bond motifs is 2. The number of aryl methyl sites for hydroxylation is 3. The molecule has 2 heterocycles. The van der Waals surface area contributed by atoms with E-state index in [2.05, 4.69) is 68.7 Å². The normalized spacial score (nSPS) is 16.3. The Labute approximate surface area is 172 Å². The molecule has 2 aromatic heterocycles. The molecule has 0 bridgehead atoms. The maximum absolute atomic E-state index is 4.56. The number of rotatable bonds is 3. The van der Waals surface area contributed by atoms with Gasteiger partial charge in [-0.3, -0.25) is 4.68 Å². The van der Waals surface area contributed by atoms with Crippen LogP contribution in [0.25, 0.3) is 16.6 Å². The van der Waals surface area contributed by atoms with Crippen LogP contribution < -0.4 is 5.32 Å². The first-order valence-electron chi connectivity index (χ1n) is 9.61. The van der Waals surface area contributed by atoms with Crippen molar-refractivity contribution in [3.63, 3.8) is 0 Å². The fourth-order valence-electron chi connectivity index (χ4n) is 4.35. The van der Waals surface area contributed by atoms with Gasteiger partial charge in [0.2, 0.25) is 0 Å². The van der Waals surface area contributed by atoms with Crippen LogP contribution in [0, 0.1) is 6.92 Å². The molecule has 28 heavy (non-hydrogen) atoms. The average molecular weight is 436 g/mol. The summed E-state index contributed by atoms with van der Waals surface area (Å²) in [5, 5.41) is 13.7. The Morgan fingerprint density at radius 1 is 1.14 bits per heavy atom. The van der Waals surface area contributed by atoms with Gasteiger partial charge in [0.15, 0.2) is 0 Å². The molecule has 1 unspecified atom stereocenters. The van der Waals surface area contributed by atoms with Crippen molar-refractivity contribution in [2.24, 2.45) is 7.05 Å². The lowest BCUT2D eigenvalue weighted by molar-refractivity contribution is 0.597. The summed E-state index contributed by atoms with van der Waals surface area (Å²) in [6.45, 7) is 2.21. The molecule has 5 nitrogen and oxygen atoms in total. The minimum atomic E-state index is 0.337. The summed E-state index contributed by atoms with van der Waals surface area (Å²) >= 11 is 3.65. The topological polar surface area (TPSA) is 47.7 Å². The van der Waals surface area contributed by atoms with Crippen LogP contribution >= 0.6 is 15.9 Å². The monoisotopic (exact) mass is 435 g/mol. The lowest BCUT2D eigenvalue weighted by Crippen LogP contribution is -2.18. The molecule has 0 spiro atoms. The first-order valence-corrected chi connectivity index (χ1v) is 10.4. The number of nitrogens with one attached hydrogen (secondary N) is 1. The van der Waals surface area contributed by atoms with Crippen LogP contribution in [0.15, 0.2) is 53.4 Å². The Bertz CT molecular complexity index is 1170. The van der Waals surface area contributed by atoms with E-state index in [1.165, 1.54) is 27.6 Å². The molecule has 1 N–H and O–H groups in total. The van der Waals surface area contributed by atoms with Gasteiger partial charge >= 0.3 is 0 Å². The van der Waals surface area contributed by atoms with E-state index in [9.17, 15) is 0 Å². The van der Waals surface area contributed by atoms with E-state index in [0.29, 0.717) is 6.04 Å². The summed E-state index contributed by atoms with van der Waals surface area (Å²) in [5.41, 5.74) is 7.44. The van der Waals surface area contributed by atoms with Crippen LogP contribution in [-0.4, -0.2) is 19.6 Å². The standard InChI is InChI=1S/C22H22BrN5/c1-14-8-17(23)9-15-4-3-5-20(22(14)15)26-18-7-6-16-11-25-28(21(16)10-18)19-12-24-27(2)13-19/h6-13,20,26H,3-5H2,1-2H3. The van der Waals surface area contributed by atoms with Gasteiger partial charge in [-0.1, -0.05) is 15.9 Å². The second kappa shape index (κ2) is 6.78. The highest BCUT2D eigenvalue weighted by Gasteiger charge is 2.22. The van der Waals surface area contributed by atoms with Crippen LogP contribution in [0.1, 0.15) is 35.6 Å². The Hall–Kier alpha value is -2.60. The zero-order chi connectivity index (χ0) is 19.3. The van der Waals surface area contributed by atoms with Crippen molar-refractivity contribution < 1.29 is 0 Å². The van der Waals surface area contributed by atoms with E-state index in [-0.39, 0.29) is 0 Å². The molecule has 1 aliphatic rings. The number of aromatic nitrogens is 4. The quantitative estimate of drug-likeness (QED) is 0.473. The number of hydrogen-bond donors (Lipinski definition) is 1. The van der Waals surface area contributed by atoms with Gasteiger partial charge in [0.1, 0.15) is 5.69 Å². The second-order valence-electron chi connectivity index (χ2n) is 7.59. The summed E-state index contributed by atoms with van der Waals surface area (Å²) in [6, 6.07) is 11.3. The number of halogens is 1. The first-order chi connectivity index (χ1) is 13.6. The molecule has 0 aliphatic heterocycles. The lowest BCUT2D eigenvalue weighted by atomic mass is 9.85. The van der Waals surface area contributed by atoms with E-state index < -0.39 is 0 Å². The largest absolute Gasteiger partial charge is 0.378 e. The average Bonchev–Trinajstić information content (AvgIpc) is 3.27. The third-order valence-electron chi connectivity index (χ3n) is 5.57. The van der Waals surface area contributed by atoms with Gasteiger partial charge in [0, 0.05) is 22.6 Å². The predicted molar refractivity (Wildman–Crippen MR) is 116 cm³/mol. The Morgan fingerprint density at radius 2 is 2.04 bits per heavy atom. The molecule has 0 saturated carbocycles. The molecule has 2 aromatic carbocycles. The van der Waals surface area contributed by atoms with Crippen molar-refractivity contribution in [2.45, 2.75) is 32.2 Å². The molecular formula is C22H22BrN5. The summed E-state index contributed by atoms with van der Waals surface area (Å²) in [6.07, 6.45) is 9.23. The van der Waals surface area contributed by atoms with Gasteiger partial charge in [0.05, 0.1) is 30.1 Å². The van der Waals surface area contributed by atoms with E-state index in [1.54, 1.807) is 4.68 Å². The summed E-state index contributed by atoms with van der Waals surface area (Å²) in [4.78, 5) is 0. The van der Waals surface area contributed by atoms with E-state index in [4.69, 9.17) is 0 Å². The molecule has 5 rings (SSSR count).